The lowest BCUT2D eigenvalue weighted by Crippen LogP contribution is -2.39. The first-order valence-electron chi connectivity index (χ1n) is 10.2. The molecule has 0 atom stereocenters. The Morgan fingerprint density at radius 3 is 2.54 bits per heavy atom. The van der Waals surface area contributed by atoms with Crippen LogP contribution in [0.1, 0.15) is 37.3 Å². The van der Waals surface area contributed by atoms with Gasteiger partial charge in [0.05, 0.1) is 0 Å². The molecule has 0 spiro atoms. The van der Waals surface area contributed by atoms with Crippen LogP contribution in [0.4, 0.5) is 0 Å². The van der Waals surface area contributed by atoms with Crippen molar-refractivity contribution in [3.63, 3.8) is 0 Å². The highest BCUT2D eigenvalue weighted by atomic mass is 16.5. The molecule has 0 aliphatic carbocycles. The summed E-state index contributed by atoms with van der Waals surface area (Å²) < 4.78 is 18.3. The molecule has 0 saturated carbocycles. The first-order chi connectivity index (χ1) is 13.7. The molecule has 1 fully saturated rings. The molecule has 2 N–H and O–H groups in total. The van der Waals surface area contributed by atoms with E-state index in [1.54, 1.807) is 7.11 Å². The standard InChI is InChI=1S/C19H36N6O3/c1-16-23-24-18(25(16)2)14-22-19(20-8-4-10-26-3)21-9-5-11-28-15-17-6-12-27-13-7-17/h17H,4-15H2,1-3H3,(H2,20,21,22). The fraction of sp³-hybridized carbons (Fsp3) is 0.842. The van der Waals surface area contributed by atoms with Crippen molar-refractivity contribution in [3.05, 3.63) is 11.6 Å². The summed E-state index contributed by atoms with van der Waals surface area (Å²) in [6.07, 6.45) is 4.09. The summed E-state index contributed by atoms with van der Waals surface area (Å²) in [5.74, 6) is 3.15. The van der Waals surface area contributed by atoms with Gasteiger partial charge in [0.25, 0.3) is 0 Å². The predicted octanol–water partition coefficient (Wildman–Crippen LogP) is 1.03. The van der Waals surface area contributed by atoms with Crippen molar-refractivity contribution in [1.82, 2.24) is 25.4 Å². The van der Waals surface area contributed by atoms with Crippen LogP contribution in [0.25, 0.3) is 0 Å². The zero-order valence-electron chi connectivity index (χ0n) is 17.6. The normalized spacial score (nSPS) is 15.8. The van der Waals surface area contributed by atoms with Gasteiger partial charge in [-0.25, -0.2) is 4.99 Å². The number of aryl methyl sites for hydroxylation is 1. The SMILES string of the molecule is COCCCNC(=NCc1nnc(C)n1C)NCCCOCC1CCOCC1. The predicted molar refractivity (Wildman–Crippen MR) is 108 cm³/mol. The van der Waals surface area contributed by atoms with Crippen molar-refractivity contribution >= 4 is 5.96 Å². The molecule has 2 rings (SSSR count). The van der Waals surface area contributed by atoms with Gasteiger partial charge < -0.3 is 29.4 Å². The Labute approximate surface area is 168 Å². The zero-order valence-corrected chi connectivity index (χ0v) is 17.6. The number of methoxy groups -OCH3 is 1. The second-order valence-corrected chi connectivity index (χ2v) is 7.07. The quantitative estimate of drug-likeness (QED) is 0.309. The number of aromatic nitrogens is 3. The van der Waals surface area contributed by atoms with Crippen molar-refractivity contribution in [1.29, 1.82) is 0 Å². The van der Waals surface area contributed by atoms with E-state index in [4.69, 9.17) is 14.2 Å². The molecule has 9 heteroatoms. The minimum Gasteiger partial charge on any atom is -0.385 e. The van der Waals surface area contributed by atoms with Gasteiger partial charge in [0.1, 0.15) is 12.4 Å². The number of hydrogen-bond donors (Lipinski definition) is 2. The lowest BCUT2D eigenvalue weighted by Gasteiger charge is -2.21. The molecule has 0 aromatic carbocycles. The van der Waals surface area contributed by atoms with Crippen LogP contribution in [0, 0.1) is 12.8 Å². The molecular formula is C19H36N6O3. The Morgan fingerprint density at radius 1 is 1.18 bits per heavy atom. The smallest absolute Gasteiger partial charge is 0.191 e. The summed E-state index contributed by atoms with van der Waals surface area (Å²) in [5.41, 5.74) is 0. The number of hydrogen-bond acceptors (Lipinski definition) is 6. The molecule has 1 aliphatic rings. The van der Waals surface area contributed by atoms with Crippen LogP contribution in [-0.2, 0) is 27.8 Å². The highest BCUT2D eigenvalue weighted by Crippen LogP contribution is 2.14. The van der Waals surface area contributed by atoms with E-state index in [0.717, 1.165) is 89.4 Å². The molecular weight excluding hydrogens is 360 g/mol. The molecule has 2 heterocycles. The van der Waals surface area contributed by atoms with Gasteiger partial charge in [0.2, 0.25) is 0 Å². The van der Waals surface area contributed by atoms with E-state index in [1.165, 1.54) is 0 Å². The first-order valence-corrected chi connectivity index (χ1v) is 10.2. The van der Waals surface area contributed by atoms with Crippen LogP contribution >= 0.6 is 0 Å². The van der Waals surface area contributed by atoms with Crippen LogP contribution in [0.3, 0.4) is 0 Å². The summed E-state index contributed by atoms with van der Waals surface area (Å²) in [6, 6.07) is 0. The summed E-state index contributed by atoms with van der Waals surface area (Å²) in [6.45, 7) is 8.08. The Kier molecular flexibility index (Phi) is 10.9. The average molecular weight is 397 g/mol. The minimum absolute atomic E-state index is 0.483. The summed E-state index contributed by atoms with van der Waals surface area (Å²) in [7, 11) is 3.67. The van der Waals surface area contributed by atoms with E-state index >= 15 is 0 Å². The number of guanidine groups is 1. The second-order valence-electron chi connectivity index (χ2n) is 7.07. The molecule has 0 unspecified atom stereocenters. The third-order valence-electron chi connectivity index (χ3n) is 4.83. The highest BCUT2D eigenvalue weighted by molar-refractivity contribution is 5.79. The summed E-state index contributed by atoms with van der Waals surface area (Å²) in [4.78, 5) is 4.63. The zero-order chi connectivity index (χ0) is 20.0. The molecule has 9 nitrogen and oxygen atoms in total. The number of aliphatic imine (C=N–C) groups is 1. The van der Waals surface area contributed by atoms with Gasteiger partial charge in [-0.15, -0.1) is 10.2 Å². The van der Waals surface area contributed by atoms with Crippen molar-refractivity contribution in [3.8, 4) is 0 Å². The van der Waals surface area contributed by atoms with Crippen molar-refractivity contribution < 1.29 is 14.2 Å². The molecule has 1 aliphatic heterocycles. The first kappa shape index (κ1) is 22.6. The molecule has 160 valence electrons. The van der Waals surface area contributed by atoms with Crippen molar-refractivity contribution in [2.75, 3.05) is 53.2 Å². The molecule has 1 aromatic heterocycles. The maximum Gasteiger partial charge on any atom is 0.191 e. The van der Waals surface area contributed by atoms with E-state index in [-0.39, 0.29) is 0 Å². The minimum atomic E-state index is 0.483. The second kappa shape index (κ2) is 13.5. The Bertz CT molecular complexity index is 572. The van der Waals surface area contributed by atoms with Crippen LogP contribution in [0.2, 0.25) is 0 Å². The largest absolute Gasteiger partial charge is 0.385 e. The molecule has 0 bridgehead atoms. The van der Waals surface area contributed by atoms with Gasteiger partial charge in [0.15, 0.2) is 11.8 Å². The van der Waals surface area contributed by atoms with Gasteiger partial charge in [-0.3, -0.25) is 0 Å². The van der Waals surface area contributed by atoms with E-state index in [2.05, 4.69) is 25.8 Å². The van der Waals surface area contributed by atoms with Crippen LogP contribution in [-0.4, -0.2) is 74.0 Å². The molecule has 28 heavy (non-hydrogen) atoms. The molecule has 0 radical (unpaired) electrons. The Balaban J connectivity index is 1.68. The average Bonchev–Trinajstić information content (AvgIpc) is 3.04. The van der Waals surface area contributed by atoms with E-state index in [0.29, 0.717) is 12.5 Å². The number of rotatable bonds is 12. The summed E-state index contributed by atoms with van der Waals surface area (Å²) in [5, 5.41) is 15.0. The van der Waals surface area contributed by atoms with E-state index in [1.807, 2.05) is 18.5 Å². The van der Waals surface area contributed by atoms with Gasteiger partial charge >= 0.3 is 0 Å². The lowest BCUT2D eigenvalue weighted by molar-refractivity contribution is 0.0203. The fourth-order valence-corrected chi connectivity index (χ4v) is 2.88. The highest BCUT2D eigenvalue weighted by Gasteiger charge is 2.13. The maximum atomic E-state index is 5.82. The van der Waals surface area contributed by atoms with Gasteiger partial charge in [-0.2, -0.15) is 0 Å². The van der Waals surface area contributed by atoms with Crippen LogP contribution in [0.15, 0.2) is 4.99 Å². The number of nitrogens with zero attached hydrogens (tertiary/aromatic N) is 4. The Morgan fingerprint density at radius 2 is 1.89 bits per heavy atom. The monoisotopic (exact) mass is 396 g/mol. The lowest BCUT2D eigenvalue weighted by atomic mass is 10.0. The van der Waals surface area contributed by atoms with Crippen LogP contribution < -0.4 is 10.6 Å². The third-order valence-corrected chi connectivity index (χ3v) is 4.83. The van der Waals surface area contributed by atoms with Crippen molar-refractivity contribution in [2.45, 2.75) is 39.2 Å². The molecule has 1 aromatic rings. The third kappa shape index (κ3) is 8.53. The van der Waals surface area contributed by atoms with Gasteiger partial charge in [-0.05, 0) is 38.5 Å². The topological polar surface area (TPSA) is 94.8 Å². The van der Waals surface area contributed by atoms with Crippen molar-refractivity contribution in [2.24, 2.45) is 18.0 Å². The maximum absolute atomic E-state index is 5.82. The summed E-state index contributed by atoms with van der Waals surface area (Å²) >= 11 is 0. The van der Waals surface area contributed by atoms with E-state index in [9.17, 15) is 0 Å². The fourth-order valence-electron chi connectivity index (χ4n) is 2.88. The van der Waals surface area contributed by atoms with Gasteiger partial charge in [-0.1, -0.05) is 0 Å². The number of ether oxygens (including phenoxy) is 3. The molecule has 1 saturated heterocycles. The number of nitrogens with one attached hydrogen (secondary N) is 2. The van der Waals surface area contributed by atoms with E-state index < -0.39 is 0 Å². The van der Waals surface area contributed by atoms with Crippen LogP contribution in [0.5, 0.6) is 0 Å². The van der Waals surface area contributed by atoms with Gasteiger partial charge in [0, 0.05) is 60.3 Å². The molecule has 0 amide bonds. The Hall–Kier alpha value is -1.71.